The highest BCUT2D eigenvalue weighted by molar-refractivity contribution is 5.75. The van der Waals surface area contributed by atoms with Crippen molar-refractivity contribution in [3.05, 3.63) is 47.8 Å². The lowest BCUT2D eigenvalue weighted by molar-refractivity contribution is -0.121. The lowest BCUT2D eigenvalue weighted by atomic mass is 9.93. The van der Waals surface area contributed by atoms with Crippen molar-refractivity contribution in [3.63, 3.8) is 0 Å². The molecule has 0 spiro atoms. The van der Waals surface area contributed by atoms with Gasteiger partial charge in [0.1, 0.15) is 29.6 Å². The molecule has 1 aromatic heterocycles. The SMILES string of the molecule is O=C(CC[C@H]1CCCN(c2cc(NC3CC3)ncn2)C1)NCc1cc(F)cc(F)c1. The third-order valence-corrected chi connectivity index (χ3v) is 5.62. The Balaban J connectivity index is 1.24. The van der Waals surface area contributed by atoms with Crippen LogP contribution in [0.15, 0.2) is 30.6 Å². The predicted molar refractivity (Wildman–Crippen MR) is 111 cm³/mol. The number of anilines is 2. The van der Waals surface area contributed by atoms with Crippen LogP contribution in [0.1, 0.15) is 44.1 Å². The molecule has 1 saturated heterocycles. The number of rotatable bonds is 8. The summed E-state index contributed by atoms with van der Waals surface area (Å²) in [6, 6.07) is 5.84. The van der Waals surface area contributed by atoms with E-state index >= 15 is 0 Å². The van der Waals surface area contributed by atoms with E-state index in [1.807, 2.05) is 6.07 Å². The topological polar surface area (TPSA) is 70.2 Å². The summed E-state index contributed by atoms with van der Waals surface area (Å²) < 4.78 is 26.5. The highest BCUT2D eigenvalue weighted by Crippen LogP contribution is 2.27. The third-order valence-electron chi connectivity index (χ3n) is 5.62. The molecule has 2 aliphatic rings. The van der Waals surface area contributed by atoms with Crippen LogP contribution in [0.4, 0.5) is 20.4 Å². The molecule has 1 aliphatic carbocycles. The number of aromatic nitrogens is 2. The molecule has 4 rings (SSSR count). The predicted octanol–water partition coefficient (Wildman–Crippen LogP) is 3.64. The third kappa shape index (κ3) is 5.87. The fourth-order valence-electron chi connectivity index (χ4n) is 3.88. The van der Waals surface area contributed by atoms with Crippen molar-refractivity contribution in [3.8, 4) is 0 Å². The van der Waals surface area contributed by atoms with E-state index in [-0.39, 0.29) is 12.5 Å². The van der Waals surface area contributed by atoms with Crippen molar-refractivity contribution < 1.29 is 13.6 Å². The second-order valence-electron chi connectivity index (χ2n) is 8.23. The highest BCUT2D eigenvalue weighted by atomic mass is 19.1. The molecule has 2 fully saturated rings. The van der Waals surface area contributed by atoms with E-state index in [0.29, 0.717) is 23.9 Å². The number of piperidine rings is 1. The van der Waals surface area contributed by atoms with E-state index in [0.717, 1.165) is 50.1 Å². The molecule has 8 heteroatoms. The van der Waals surface area contributed by atoms with Crippen molar-refractivity contribution in [2.45, 2.75) is 51.1 Å². The van der Waals surface area contributed by atoms with Gasteiger partial charge in [-0.25, -0.2) is 18.7 Å². The molecule has 0 unspecified atom stereocenters. The van der Waals surface area contributed by atoms with Gasteiger partial charge in [-0.15, -0.1) is 0 Å². The van der Waals surface area contributed by atoms with E-state index in [1.54, 1.807) is 6.33 Å². The van der Waals surface area contributed by atoms with E-state index in [4.69, 9.17) is 0 Å². The number of benzene rings is 1. The first-order chi connectivity index (χ1) is 14.5. The lowest BCUT2D eigenvalue weighted by Gasteiger charge is -2.33. The summed E-state index contributed by atoms with van der Waals surface area (Å²) in [6.45, 7) is 1.94. The molecule has 1 aliphatic heterocycles. The molecule has 2 heterocycles. The second kappa shape index (κ2) is 9.36. The maximum atomic E-state index is 13.2. The molecule has 2 N–H and O–H groups in total. The van der Waals surface area contributed by atoms with Crippen LogP contribution in [-0.4, -0.2) is 35.0 Å². The first-order valence-electron chi connectivity index (χ1n) is 10.6. The van der Waals surface area contributed by atoms with E-state index < -0.39 is 11.6 Å². The molecule has 30 heavy (non-hydrogen) atoms. The van der Waals surface area contributed by atoms with Gasteiger partial charge in [-0.2, -0.15) is 0 Å². The molecule has 2 aromatic rings. The van der Waals surface area contributed by atoms with Gasteiger partial charge in [-0.1, -0.05) is 0 Å². The molecule has 1 amide bonds. The second-order valence-corrected chi connectivity index (χ2v) is 8.23. The summed E-state index contributed by atoms with van der Waals surface area (Å²) in [7, 11) is 0. The zero-order chi connectivity index (χ0) is 20.9. The van der Waals surface area contributed by atoms with Crippen LogP contribution in [-0.2, 0) is 11.3 Å². The molecule has 1 aromatic carbocycles. The zero-order valence-corrected chi connectivity index (χ0v) is 16.9. The van der Waals surface area contributed by atoms with Gasteiger partial charge < -0.3 is 15.5 Å². The fraction of sp³-hybridized carbons (Fsp3) is 0.500. The largest absolute Gasteiger partial charge is 0.367 e. The summed E-state index contributed by atoms with van der Waals surface area (Å²) in [6.07, 6.45) is 7.31. The van der Waals surface area contributed by atoms with Crippen molar-refractivity contribution in [2.75, 3.05) is 23.3 Å². The van der Waals surface area contributed by atoms with Gasteiger partial charge in [0.15, 0.2) is 0 Å². The van der Waals surface area contributed by atoms with Crippen molar-refractivity contribution in [1.29, 1.82) is 0 Å². The van der Waals surface area contributed by atoms with Crippen LogP contribution in [0.3, 0.4) is 0 Å². The van der Waals surface area contributed by atoms with Crippen LogP contribution < -0.4 is 15.5 Å². The number of hydrogen-bond donors (Lipinski definition) is 2. The van der Waals surface area contributed by atoms with Crippen LogP contribution in [0, 0.1) is 17.6 Å². The van der Waals surface area contributed by atoms with Gasteiger partial charge >= 0.3 is 0 Å². The minimum atomic E-state index is -0.637. The number of carbonyl (C=O) groups excluding carboxylic acids is 1. The van der Waals surface area contributed by atoms with Crippen LogP contribution in [0.2, 0.25) is 0 Å². The van der Waals surface area contributed by atoms with Gasteiger partial charge in [0.2, 0.25) is 5.91 Å². The molecule has 1 atom stereocenters. The minimum Gasteiger partial charge on any atom is -0.367 e. The van der Waals surface area contributed by atoms with E-state index in [2.05, 4.69) is 25.5 Å². The maximum absolute atomic E-state index is 13.2. The quantitative estimate of drug-likeness (QED) is 0.689. The maximum Gasteiger partial charge on any atom is 0.220 e. The molecule has 0 radical (unpaired) electrons. The van der Waals surface area contributed by atoms with Gasteiger partial charge in [0.05, 0.1) is 0 Å². The summed E-state index contributed by atoms with van der Waals surface area (Å²) in [5.41, 5.74) is 0.420. The molecule has 6 nitrogen and oxygen atoms in total. The number of halogens is 2. The average molecular weight is 415 g/mol. The number of carbonyl (C=O) groups is 1. The van der Waals surface area contributed by atoms with Crippen molar-refractivity contribution in [2.24, 2.45) is 5.92 Å². The first kappa shape index (κ1) is 20.5. The Morgan fingerprint density at radius 2 is 1.90 bits per heavy atom. The number of nitrogens with one attached hydrogen (secondary N) is 2. The Morgan fingerprint density at radius 3 is 2.67 bits per heavy atom. The number of hydrogen-bond acceptors (Lipinski definition) is 5. The summed E-state index contributed by atoms with van der Waals surface area (Å²) >= 11 is 0. The van der Waals surface area contributed by atoms with E-state index in [9.17, 15) is 13.6 Å². The normalized spacial score (nSPS) is 18.9. The molecule has 0 bridgehead atoms. The van der Waals surface area contributed by atoms with Gasteiger partial charge in [0, 0.05) is 44.2 Å². The fourth-order valence-corrected chi connectivity index (χ4v) is 3.88. The Bertz CT molecular complexity index is 869. The van der Waals surface area contributed by atoms with Crippen LogP contribution >= 0.6 is 0 Å². The lowest BCUT2D eigenvalue weighted by Crippen LogP contribution is -2.36. The average Bonchev–Trinajstić information content (AvgIpc) is 3.54. The Kier molecular flexibility index (Phi) is 6.40. The number of nitrogens with zero attached hydrogens (tertiary/aromatic N) is 3. The van der Waals surface area contributed by atoms with Crippen LogP contribution in [0.5, 0.6) is 0 Å². The monoisotopic (exact) mass is 415 g/mol. The van der Waals surface area contributed by atoms with E-state index in [1.165, 1.54) is 25.0 Å². The molecule has 160 valence electrons. The number of amides is 1. The van der Waals surface area contributed by atoms with Crippen molar-refractivity contribution >= 4 is 17.5 Å². The van der Waals surface area contributed by atoms with Crippen molar-refractivity contribution in [1.82, 2.24) is 15.3 Å². The molecular weight excluding hydrogens is 388 g/mol. The zero-order valence-electron chi connectivity index (χ0n) is 16.9. The Labute approximate surface area is 175 Å². The minimum absolute atomic E-state index is 0.102. The molecular formula is C22H27F2N5O. The van der Waals surface area contributed by atoms with Gasteiger partial charge in [-0.3, -0.25) is 4.79 Å². The van der Waals surface area contributed by atoms with Gasteiger partial charge in [0.25, 0.3) is 0 Å². The molecule has 1 saturated carbocycles. The first-order valence-corrected chi connectivity index (χ1v) is 10.6. The van der Waals surface area contributed by atoms with Gasteiger partial charge in [-0.05, 0) is 55.7 Å². The summed E-state index contributed by atoms with van der Waals surface area (Å²) in [5, 5.41) is 6.16. The smallest absolute Gasteiger partial charge is 0.220 e. The standard InChI is InChI=1S/C22H27F2N5O/c23-17-8-16(9-18(24)10-17)12-25-22(30)6-3-15-2-1-7-29(13-15)21-11-20(26-14-27-21)28-19-4-5-19/h8-11,14-15,19H,1-7,12-13H2,(H,25,30)(H,26,27,28)/t15-/m1/s1. The van der Waals surface area contributed by atoms with Crippen LogP contribution in [0.25, 0.3) is 0 Å². The Morgan fingerprint density at radius 1 is 1.10 bits per heavy atom. The summed E-state index contributed by atoms with van der Waals surface area (Å²) in [5.74, 6) is 0.831. The Hall–Kier alpha value is -2.77. The summed E-state index contributed by atoms with van der Waals surface area (Å²) in [4.78, 5) is 23.2. The highest BCUT2D eigenvalue weighted by Gasteiger charge is 2.24.